The van der Waals surface area contributed by atoms with Crippen LogP contribution in [0.1, 0.15) is 19.5 Å². The van der Waals surface area contributed by atoms with Gasteiger partial charge in [0.25, 0.3) is 0 Å². The second-order valence-corrected chi connectivity index (χ2v) is 1.66. The molecule has 1 aromatic heterocycles. The highest BCUT2D eigenvalue weighted by Gasteiger charge is 1.93. The van der Waals surface area contributed by atoms with Crippen molar-refractivity contribution >= 4 is 0 Å². The number of nitrogens with zero attached hydrogens (tertiary/aromatic N) is 4. The standard InChI is InChI=1S/C5H6N4.C2H6/c1-9-7-4-5(8-9)2-3-6;1-2/h4H,2H2,1H3;1-2H3. The highest BCUT2D eigenvalue weighted by molar-refractivity contribution is 4.98. The van der Waals surface area contributed by atoms with Gasteiger partial charge in [0.15, 0.2) is 0 Å². The van der Waals surface area contributed by atoms with Crippen molar-refractivity contribution in [3.63, 3.8) is 0 Å². The first-order valence-electron chi connectivity index (χ1n) is 3.55. The van der Waals surface area contributed by atoms with Crippen LogP contribution in [0.15, 0.2) is 6.20 Å². The number of aryl methyl sites for hydroxylation is 1. The maximum atomic E-state index is 8.20. The van der Waals surface area contributed by atoms with E-state index < -0.39 is 0 Å². The summed E-state index contributed by atoms with van der Waals surface area (Å²) >= 11 is 0. The van der Waals surface area contributed by atoms with Crippen molar-refractivity contribution in [3.8, 4) is 6.07 Å². The minimum absolute atomic E-state index is 0.341. The molecule has 0 fully saturated rings. The van der Waals surface area contributed by atoms with E-state index in [-0.39, 0.29) is 0 Å². The smallest absolute Gasteiger partial charge is 0.0967 e. The summed E-state index contributed by atoms with van der Waals surface area (Å²) in [5, 5.41) is 15.9. The Bertz CT molecular complexity index is 233. The van der Waals surface area contributed by atoms with Gasteiger partial charge in [0, 0.05) is 7.05 Å². The quantitative estimate of drug-likeness (QED) is 0.601. The Morgan fingerprint density at radius 1 is 1.64 bits per heavy atom. The Labute approximate surface area is 66.4 Å². The molecule has 0 saturated heterocycles. The molecule has 0 aliphatic carbocycles. The predicted molar refractivity (Wildman–Crippen MR) is 41.7 cm³/mol. The molecule has 0 spiro atoms. The van der Waals surface area contributed by atoms with Crippen LogP contribution in [0.4, 0.5) is 0 Å². The Hall–Kier alpha value is -1.37. The molecule has 0 unspecified atom stereocenters. The van der Waals surface area contributed by atoms with Crippen LogP contribution in [-0.2, 0) is 13.5 Å². The normalized spacial score (nSPS) is 7.82. The zero-order valence-corrected chi connectivity index (χ0v) is 7.07. The molecule has 0 aromatic carbocycles. The summed E-state index contributed by atoms with van der Waals surface area (Å²) < 4.78 is 0. The van der Waals surface area contributed by atoms with Crippen molar-refractivity contribution in [2.75, 3.05) is 0 Å². The van der Waals surface area contributed by atoms with E-state index in [2.05, 4.69) is 10.2 Å². The van der Waals surface area contributed by atoms with Gasteiger partial charge in [-0.3, -0.25) is 0 Å². The Balaban J connectivity index is 0.000000461. The van der Waals surface area contributed by atoms with E-state index >= 15 is 0 Å². The summed E-state index contributed by atoms with van der Waals surface area (Å²) in [6.07, 6.45) is 1.93. The molecule has 1 aromatic rings. The molecular formula is C7H12N4. The molecule has 0 aliphatic heterocycles. The minimum Gasteiger partial charge on any atom is -0.198 e. The van der Waals surface area contributed by atoms with Crippen LogP contribution in [0.3, 0.4) is 0 Å². The number of hydrogen-bond acceptors (Lipinski definition) is 3. The third-order valence-corrected chi connectivity index (χ3v) is 0.907. The van der Waals surface area contributed by atoms with E-state index in [1.54, 1.807) is 13.2 Å². The maximum absolute atomic E-state index is 8.20. The minimum atomic E-state index is 0.341. The molecule has 0 amide bonds. The van der Waals surface area contributed by atoms with Gasteiger partial charge < -0.3 is 0 Å². The molecule has 11 heavy (non-hydrogen) atoms. The lowest BCUT2D eigenvalue weighted by molar-refractivity contribution is 0.647. The van der Waals surface area contributed by atoms with Crippen LogP contribution in [0, 0.1) is 11.3 Å². The summed E-state index contributed by atoms with van der Waals surface area (Å²) in [6, 6.07) is 1.98. The molecule has 60 valence electrons. The molecule has 1 rings (SSSR count). The second-order valence-electron chi connectivity index (χ2n) is 1.66. The maximum Gasteiger partial charge on any atom is 0.0967 e. The molecule has 4 nitrogen and oxygen atoms in total. The first-order valence-corrected chi connectivity index (χ1v) is 3.55. The van der Waals surface area contributed by atoms with E-state index in [1.165, 1.54) is 4.80 Å². The SMILES string of the molecule is CC.Cn1ncc(CC#N)n1. The molecule has 0 atom stereocenters. The monoisotopic (exact) mass is 152 g/mol. The number of rotatable bonds is 1. The zero-order valence-electron chi connectivity index (χ0n) is 7.07. The van der Waals surface area contributed by atoms with Crippen LogP contribution in [-0.4, -0.2) is 15.0 Å². The van der Waals surface area contributed by atoms with E-state index in [1.807, 2.05) is 19.9 Å². The second kappa shape index (κ2) is 5.42. The summed E-state index contributed by atoms with van der Waals surface area (Å²) in [6.45, 7) is 4.00. The van der Waals surface area contributed by atoms with Crippen LogP contribution < -0.4 is 0 Å². The van der Waals surface area contributed by atoms with Crippen LogP contribution in [0.25, 0.3) is 0 Å². The zero-order chi connectivity index (χ0) is 8.69. The highest BCUT2D eigenvalue weighted by Crippen LogP contribution is 1.88. The molecule has 0 N–H and O–H groups in total. The van der Waals surface area contributed by atoms with Gasteiger partial charge in [0.2, 0.25) is 0 Å². The van der Waals surface area contributed by atoms with Gasteiger partial charge in [-0.25, -0.2) is 0 Å². The first kappa shape index (κ1) is 9.63. The van der Waals surface area contributed by atoms with Crippen LogP contribution in [0.5, 0.6) is 0 Å². The van der Waals surface area contributed by atoms with E-state index in [4.69, 9.17) is 5.26 Å². The lowest BCUT2D eigenvalue weighted by atomic mass is 10.4. The van der Waals surface area contributed by atoms with Crippen molar-refractivity contribution in [1.29, 1.82) is 5.26 Å². The Morgan fingerprint density at radius 2 is 2.27 bits per heavy atom. The number of hydrogen-bond donors (Lipinski definition) is 0. The van der Waals surface area contributed by atoms with Crippen molar-refractivity contribution in [2.24, 2.45) is 7.05 Å². The summed E-state index contributed by atoms with van der Waals surface area (Å²) in [5.74, 6) is 0. The van der Waals surface area contributed by atoms with E-state index in [9.17, 15) is 0 Å². The molecule has 1 heterocycles. The van der Waals surface area contributed by atoms with E-state index in [0.29, 0.717) is 6.42 Å². The topological polar surface area (TPSA) is 54.5 Å². The van der Waals surface area contributed by atoms with Gasteiger partial charge in [-0.05, 0) is 0 Å². The Morgan fingerprint density at radius 3 is 2.64 bits per heavy atom. The number of nitriles is 1. The average molecular weight is 152 g/mol. The molecule has 0 radical (unpaired) electrons. The fraction of sp³-hybridized carbons (Fsp3) is 0.571. The Kier molecular flexibility index (Phi) is 4.74. The first-order chi connectivity index (χ1) is 5.33. The van der Waals surface area contributed by atoms with Crippen molar-refractivity contribution in [2.45, 2.75) is 20.3 Å². The van der Waals surface area contributed by atoms with Gasteiger partial charge in [-0.1, -0.05) is 13.8 Å². The fourth-order valence-corrected chi connectivity index (χ4v) is 0.550. The van der Waals surface area contributed by atoms with E-state index in [0.717, 1.165) is 5.69 Å². The number of aromatic nitrogens is 3. The van der Waals surface area contributed by atoms with Gasteiger partial charge >= 0.3 is 0 Å². The fourth-order valence-electron chi connectivity index (χ4n) is 0.550. The van der Waals surface area contributed by atoms with Gasteiger partial charge in [-0.15, -0.1) is 0 Å². The highest BCUT2D eigenvalue weighted by atomic mass is 15.4. The molecule has 4 heteroatoms. The lowest BCUT2D eigenvalue weighted by Gasteiger charge is -1.79. The molecule has 0 bridgehead atoms. The third kappa shape index (κ3) is 3.36. The van der Waals surface area contributed by atoms with Crippen molar-refractivity contribution in [1.82, 2.24) is 15.0 Å². The summed E-state index contributed by atoms with van der Waals surface area (Å²) in [7, 11) is 1.72. The van der Waals surface area contributed by atoms with Crippen molar-refractivity contribution in [3.05, 3.63) is 11.9 Å². The van der Waals surface area contributed by atoms with Gasteiger partial charge in [0.05, 0.1) is 24.4 Å². The van der Waals surface area contributed by atoms with Gasteiger partial charge in [-0.2, -0.15) is 20.3 Å². The molecular weight excluding hydrogens is 140 g/mol. The van der Waals surface area contributed by atoms with Crippen LogP contribution in [0.2, 0.25) is 0 Å². The average Bonchev–Trinajstić information content (AvgIpc) is 2.41. The van der Waals surface area contributed by atoms with Crippen molar-refractivity contribution < 1.29 is 0 Å². The summed E-state index contributed by atoms with van der Waals surface area (Å²) in [5.41, 5.74) is 0.722. The lowest BCUT2D eigenvalue weighted by Crippen LogP contribution is -1.92. The predicted octanol–water partition coefficient (Wildman–Crippen LogP) is 0.907. The van der Waals surface area contributed by atoms with Gasteiger partial charge in [0.1, 0.15) is 0 Å². The molecule has 0 aliphatic rings. The summed E-state index contributed by atoms with van der Waals surface area (Å²) in [4.78, 5) is 1.44. The largest absolute Gasteiger partial charge is 0.198 e. The van der Waals surface area contributed by atoms with Crippen LogP contribution >= 0.6 is 0 Å². The molecule has 0 saturated carbocycles. The third-order valence-electron chi connectivity index (χ3n) is 0.907.